The van der Waals surface area contributed by atoms with Gasteiger partial charge < -0.3 is 20.1 Å². The van der Waals surface area contributed by atoms with Crippen molar-refractivity contribution >= 4 is 28.9 Å². The molecule has 2 N–H and O–H groups in total. The van der Waals surface area contributed by atoms with Crippen molar-refractivity contribution in [3.8, 4) is 0 Å². The second-order valence-corrected chi connectivity index (χ2v) is 5.58. The molecule has 1 aromatic carbocycles. The van der Waals surface area contributed by atoms with Gasteiger partial charge in [0.1, 0.15) is 0 Å². The third-order valence-corrected chi connectivity index (χ3v) is 3.87. The van der Waals surface area contributed by atoms with Crippen LogP contribution in [0.1, 0.15) is 23.7 Å². The molecule has 1 aromatic rings. The quantitative estimate of drug-likeness (QED) is 0.668. The van der Waals surface area contributed by atoms with E-state index >= 15 is 0 Å². The molecule has 1 heterocycles. The SMILES string of the molecule is CCOC(=O)c1cc(N)cc(Cl)c1N1CCC(COC)C1. The van der Waals surface area contributed by atoms with Gasteiger partial charge in [0.2, 0.25) is 0 Å². The van der Waals surface area contributed by atoms with Gasteiger partial charge in [-0.15, -0.1) is 0 Å². The molecule has 1 aliphatic rings. The van der Waals surface area contributed by atoms with Crippen molar-refractivity contribution in [2.45, 2.75) is 13.3 Å². The van der Waals surface area contributed by atoms with Crippen LogP contribution in [-0.2, 0) is 9.47 Å². The first kappa shape index (κ1) is 15.9. The van der Waals surface area contributed by atoms with E-state index in [1.807, 2.05) is 0 Å². The molecule has 1 aliphatic heterocycles. The molecule has 6 heteroatoms. The number of rotatable bonds is 5. The molecule has 0 spiro atoms. The van der Waals surface area contributed by atoms with E-state index in [1.165, 1.54) is 0 Å². The largest absolute Gasteiger partial charge is 0.462 e. The Kier molecular flexibility index (Phi) is 5.31. The molecule has 1 atom stereocenters. The summed E-state index contributed by atoms with van der Waals surface area (Å²) in [6.07, 6.45) is 1.01. The fourth-order valence-electron chi connectivity index (χ4n) is 2.71. The first-order valence-corrected chi connectivity index (χ1v) is 7.44. The van der Waals surface area contributed by atoms with Crippen molar-refractivity contribution in [3.63, 3.8) is 0 Å². The van der Waals surface area contributed by atoms with Gasteiger partial charge in [0.25, 0.3) is 0 Å². The summed E-state index contributed by atoms with van der Waals surface area (Å²) >= 11 is 6.32. The molecule has 0 saturated carbocycles. The highest BCUT2D eigenvalue weighted by molar-refractivity contribution is 6.34. The van der Waals surface area contributed by atoms with Crippen molar-refractivity contribution < 1.29 is 14.3 Å². The predicted molar refractivity (Wildman–Crippen MR) is 84.0 cm³/mol. The fraction of sp³-hybridized carbons (Fsp3) is 0.533. The molecular formula is C15H21ClN2O3. The lowest BCUT2D eigenvalue weighted by Crippen LogP contribution is -2.24. The number of hydrogen-bond acceptors (Lipinski definition) is 5. The Bertz CT molecular complexity index is 522. The minimum Gasteiger partial charge on any atom is -0.462 e. The maximum Gasteiger partial charge on any atom is 0.340 e. The van der Waals surface area contributed by atoms with Gasteiger partial charge in [-0.05, 0) is 25.5 Å². The Morgan fingerprint density at radius 1 is 1.52 bits per heavy atom. The number of anilines is 2. The van der Waals surface area contributed by atoms with Crippen molar-refractivity contribution in [1.29, 1.82) is 0 Å². The summed E-state index contributed by atoms with van der Waals surface area (Å²) in [5.74, 6) is 0.0514. The van der Waals surface area contributed by atoms with E-state index in [1.54, 1.807) is 26.2 Å². The number of ether oxygens (including phenoxy) is 2. The Balaban J connectivity index is 2.32. The average Bonchev–Trinajstić information content (AvgIpc) is 2.86. The molecule has 0 bridgehead atoms. The Labute approximate surface area is 130 Å². The van der Waals surface area contributed by atoms with Crippen LogP contribution in [0.5, 0.6) is 0 Å². The summed E-state index contributed by atoms with van der Waals surface area (Å²) in [7, 11) is 1.70. The van der Waals surface area contributed by atoms with E-state index in [2.05, 4.69) is 4.90 Å². The number of halogens is 1. The van der Waals surface area contributed by atoms with Crippen LogP contribution >= 0.6 is 11.6 Å². The zero-order chi connectivity index (χ0) is 15.4. The minimum atomic E-state index is -0.392. The van der Waals surface area contributed by atoms with Gasteiger partial charge in [0.05, 0.1) is 29.5 Å². The molecule has 2 rings (SSSR count). The van der Waals surface area contributed by atoms with Crippen LogP contribution in [0.2, 0.25) is 5.02 Å². The van der Waals surface area contributed by atoms with E-state index in [-0.39, 0.29) is 0 Å². The second kappa shape index (κ2) is 7.00. The van der Waals surface area contributed by atoms with Gasteiger partial charge in [0, 0.05) is 31.8 Å². The molecule has 116 valence electrons. The molecule has 5 nitrogen and oxygen atoms in total. The van der Waals surface area contributed by atoms with Crippen molar-refractivity contribution in [2.75, 3.05) is 44.0 Å². The van der Waals surface area contributed by atoms with E-state index in [0.29, 0.717) is 41.1 Å². The number of esters is 1. The molecule has 0 aromatic heterocycles. The van der Waals surface area contributed by atoms with E-state index < -0.39 is 5.97 Å². The van der Waals surface area contributed by atoms with Crippen LogP contribution in [-0.4, -0.2) is 39.4 Å². The summed E-state index contributed by atoms with van der Waals surface area (Å²) in [5, 5.41) is 0.483. The molecular weight excluding hydrogens is 292 g/mol. The topological polar surface area (TPSA) is 64.8 Å². The highest BCUT2D eigenvalue weighted by atomic mass is 35.5. The monoisotopic (exact) mass is 312 g/mol. The lowest BCUT2D eigenvalue weighted by Gasteiger charge is -2.23. The lowest BCUT2D eigenvalue weighted by atomic mass is 10.1. The van der Waals surface area contributed by atoms with Gasteiger partial charge in [-0.1, -0.05) is 11.6 Å². The smallest absolute Gasteiger partial charge is 0.340 e. The molecule has 0 radical (unpaired) electrons. The Hall–Kier alpha value is -1.46. The van der Waals surface area contributed by atoms with Gasteiger partial charge in [-0.2, -0.15) is 0 Å². The lowest BCUT2D eigenvalue weighted by molar-refractivity contribution is 0.0527. The van der Waals surface area contributed by atoms with Crippen molar-refractivity contribution in [2.24, 2.45) is 5.92 Å². The van der Waals surface area contributed by atoms with Crippen molar-refractivity contribution in [3.05, 3.63) is 22.7 Å². The number of nitrogens with two attached hydrogens (primary N) is 1. The zero-order valence-electron chi connectivity index (χ0n) is 12.4. The van der Waals surface area contributed by atoms with Crippen LogP contribution < -0.4 is 10.6 Å². The Morgan fingerprint density at radius 2 is 2.29 bits per heavy atom. The number of carbonyl (C=O) groups excluding carboxylic acids is 1. The van der Waals surface area contributed by atoms with Gasteiger partial charge in [0.15, 0.2) is 0 Å². The zero-order valence-corrected chi connectivity index (χ0v) is 13.2. The van der Waals surface area contributed by atoms with Gasteiger partial charge >= 0.3 is 5.97 Å². The van der Waals surface area contributed by atoms with Gasteiger partial charge in [-0.25, -0.2) is 4.79 Å². The summed E-state index contributed by atoms with van der Waals surface area (Å²) < 4.78 is 10.3. The summed E-state index contributed by atoms with van der Waals surface area (Å²) in [5.41, 5.74) is 7.40. The summed E-state index contributed by atoms with van der Waals surface area (Å²) in [6.45, 7) is 4.44. The molecule has 1 unspecified atom stereocenters. The fourth-order valence-corrected chi connectivity index (χ4v) is 3.06. The third-order valence-electron chi connectivity index (χ3n) is 3.59. The highest BCUT2D eigenvalue weighted by Crippen LogP contribution is 2.36. The van der Waals surface area contributed by atoms with E-state index in [9.17, 15) is 4.79 Å². The van der Waals surface area contributed by atoms with Crippen LogP contribution in [0.15, 0.2) is 12.1 Å². The molecule has 21 heavy (non-hydrogen) atoms. The Morgan fingerprint density at radius 3 is 2.95 bits per heavy atom. The van der Waals surface area contributed by atoms with Crippen LogP contribution in [0.25, 0.3) is 0 Å². The molecule has 0 amide bonds. The first-order chi connectivity index (χ1) is 10.1. The second-order valence-electron chi connectivity index (χ2n) is 5.18. The van der Waals surface area contributed by atoms with Crippen LogP contribution in [0, 0.1) is 5.92 Å². The normalized spacial score (nSPS) is 18.0. The van der Waals surface area contributed by atoms with Crippen molar-refractivity contribution in [1.82, 2.24) is 0 Å². The third kappa shape index (κ3) is 3.60. The summed E-state index contributed by atoms with van der Waals surface area (Å²) in [4.78, 5) is 14.3. The number of carbonyl (C=O) groups is 1. The van der Waals surface area contributed by atoms with Gasteiger partial charge in [-0.3, -0.25) is 0 Å². The number of nitrogen functional groups attached to an aromatic ring is 1. The average molecular weight is 313 g/mol. The minimum absolute atomic E-state index is 0.316. The molecule has 1 fully saturated rings. The maximum absolute atomic E-state index is 12.1. The standard InChI is InChI=1S/C15H21ClN2O3/c1-3-21-15(19)12-6-11(17)7-13(16)14(12)18-5-4-10(8-18)9-20-2/h6-7,10H,3-5,8-9,17H2,1-2H3. The predicted octanol–water partition coefficient (Wildman–Crippen LogP) is 2.57. The first-order valence-electron chi connectivity index (χ1n) is 7.06. The summed E-state index contributed by atoms with van der Waals surface area (Å²) in [6, 6.07) is 3.30. The molecule has 1 saturated heterocycles. The number of benzene rings is 1. The number of nitrogens with zero attached hydrogens (tertiary/aromatic N) is 1. The molecule has 0 aliphatic carbocycles. The van der Waals surface area contributed by atoms with E-state index in [4.69, 9.17) is 26.8 Å². The number of methoxy groups -OCH3 is 1. The van der Waals surface area contributed by atoms with E-state index in [0.717, 1.165) is 19.5 Å². The maximum atomic E-state index is 12.1. The van der Waals surface area contributed by atoms with Crippen LogP contribution in [0.3, 0.4) is 0 Å². The van der Waals surface area contributed by atoms with Crippen LogP contribution in [0.4, 0.5) is 11.4 Å². The highest BCUT2D eigenvalue weighted by Gasteiger charge is 2.28. The number of hydrogen-bond donors (Lipinski definition) is 1.